The molecule has 1 amide bonds. The minimum absolute atomic E-state index is 0.224. The summed E-state index contributed by atoms with van der Waals surface area (Å²) in [5, 5.41) is 8.52. The van der Waals surface area contributed by atoms with Gasteiger partial charge in [0.15, 0.2) is 0 Å². The van der Waals surface area contributed by atoms with Crippen molar-refractivity contribution in [3.05, 3.63) is 20.8 Å². The number of hydrogen-bond donors (Lipinski definition) is 2. The zero-order valence-corrected chi connectivity index (χ0v) is 16.4. The third-order valence-electron chi connectivity index (χ3n) is 3.05. The molecular weight excluding hydrogens is 364 g/mol. The summed E-state index contributed by atoms with van der Waals surface area (Å²) in [6, 6.07) is 2.53. The lowest BCUT2D eigenvalue weighted by atomic mass is 10.1. The van der Waals surface area contributed by atoms with E-state index in [0.717, 1.165) is 17.3 Å². The van der Waals surface area contributed by atoms with Crippen molar-refractivity contribution in [2.24, 2.45) is 0 Å². The Morgan fingerprint density at radius 2 is 2.14 bits per heavy atom. The van der Waals surface area contributed by atoms with Gasteiger partial charge < -0.3 is 15.4 Å². The second-order valence-corrected chi connectivity index (χ2v) is 8.19. The molecule has 0 saturated carbocycles. The molecule has 0 bridgehead atoms. The van der Waals surface area contributed by atoms with E-state index < -0.39 is 5.60 Å². The summed E-state index contributed by atoms with van der Waals surface area (Å²) in [7, 11) is 0. The van der Waals surface area contributed by atoms with Gasteiger partial charge in [-0.3, -0.25) is 0 Å². The van der Waals surface area contributed by atoms with Crippen LogP contribution in [-0.4, -0.2) is 24.3 Å². The molecule has 0 aliphatic heterocycles. The first kappa shape index (κ1) is 19.5. The Morgan fingerprint density at radius 1 is 1.45 bits per heavy atom. The number of amides is 1. The quantitative estimate of drug-likeness (QED) is 0.698. The third kappa shape index (κ3) is 7.11. The van der Waals surface area contributed by atoms with Crippen LogP contribution in [0.15, 0.2) is 15.9 Å². The smallest absolute Gasteiger partial charge is 0.407 e. The van der Waals surface area contributed by atoms with Gasteiger partial charge in [-0.2, -0.15) is 0 Å². The van der Waals surface area contributed by atoms with Crippen LogP contribution in [0.5, 0.6) is 0 Å². The van der Waals surface area contributed by atoms with E-state index in [-0.39, 0.29) is 18.2 Å². The predicted molar refractivity (Wildman–Crippen MR) is 96.5 cm³/mol. The van der Waals surface area contributed by atoms with E-state index in [4.69, 9.17) is 4.74 Å². The van der Waals surface area contributed by atoms with Crippen LogP contribution in [0.1, 0.15) is 58.4 Å². The van der Waals surface area contributed by atoms with Crippen molar-refractivity contribution in [1.29, 1.82) is 0 Å². The highest BCUT2D eigenvalue weighted by molar-refractivity contribution is 9.10. The number of carbonyl (C=O) groups is 1. The first-order chi connectivity index (χ1) is 10.2. The zero-order chi connectivity index (χ0) is 16.8. The molecule has 22 heavy (non-hydrogen) atoms. The van der Waals surface area contributed by atoms with E-state index in [0.29, 0.717) is 6.54 Å². The van der Waals surface area contributed by atoms with Crippen LogP contribution in [0.2, 0.25) is 0 Å². The molecule has 0 spiro atoms. The molecule has 2 atom stereocenters. The maximum Gasteiger partial charge on any atom is 0.407 e. The Morgan fingerprint density at radius 3 is 2.64 bits per heavy atom. The molecule has 6 heteroatoms. The summed E-state index contributed by atoms with van der Waals surface area (Å²) in [5.74, 6) is 0. The fourth-order valence-electron chi connectivity index (χ4n) is 2.16. The van der Waals surface area contributed by atoms with E-state index >= 15 is 0 Å². The Kier molecular flexibility index (Phi) is 7.86. The molecule has 0 radical (unpaired) electrons. The fraction of sp³-hybridized carbons (Fsp3) is 0.688. The maximum atomic E-state index is 11.8. The molecule has 2 unspecified atom stereocenters. The molecule has 0 aliphatic rings. The molecule has 1 aromatic rings. The topological polar surface area (TPSA) is 50.4 Å². The van der Waals surface area contributed by atoms with Crippen LogP contribution >= 0.6 is 27.3 Å². The molecule has 1 aromatic heterocycles. The monoisotopic (exact) mass is 390 g/mol. The third-order valence-corrected chi connectivity index (χ3v) is 5.11. The summed E-state index contributed by atoms with van der Waals surface area (Å²) in [4.78, 5) is 13.0. The van der Waals surface area contributed by atoms with E-state index in [1.165, 1.54) is 4.88 Å². The lowest BCUT2D eigenvalue weighted by Gasteiger charge is -2.25. The number of carbonyl (C=O) groups excluding carboxylic acids is 1. The molecule has 1 rings (SSSR count). The lowest BCUT2D eigenvalue weighted by Crippen LogP contribution is -2.43. The molecule has 1 heterocycles. The molecule has 4 nitrogen and oxygen atoms in total. The fourth-order valence-corrected chi connectivity index (χ4v) is 3.89. The van der Waals surface area contributed by atoms with Gasteiger partial charge in [-0.05, 0) is 61.5 Å². The van der Waals surface area contributed by atoms with Crippen molar-refractivity contribution < 1.29 is 9.53 Å². The van der Waals surface area contributed by atoms with Crippen LogP contribution in [0.25, 0.3) is 0 Å². The maximum absolute atomic E-state index is 11.8. The molecule has 0 aromatic carbocycles. The number of thiophene rings is 1. The molecule has 0 saturated heterocycles. The molecule has 2 N–H and O–H groups in total. The van der Waals surface area contributed by atoms with E-state index in [1.54, 1.807) is 11.3 Å². The van der Waals surface area contributed by atoms with Gasteiger partial charge in [0.2, 0.25) is 0 Å². The second kappa shape index (κ2) is 8.89. The largest absolute Gasteiger partial charge is 0.444 e. The standard InChI is InChI=1S/C16H27BrN2O2S/c1-6-7-12(10-18-15(20)21-16(3,4)5)19-11(2)14-13(17)8-9-22-14/h8-9,11-12,19H,6-7,10H2,1-5H3,(H,18,20). The minimum Gasteiger partial charge on any atom is -0.444 e. The van der Waals surface area contributed by atoms with E-state index in [9.17, 15) is 4.79 Å². The first-order valence-electron chi connectivity index (χ1n) is 7.68. The second-order valence-electron chi connectivity index (χ2n) is 6.39. The van der Waals surface area contributed by atoms with Crippen molar-refractivity contribution >= 4 is 33.4 Å². The van der Waals surface area contributed by atoms with Gasteiger partial charge in [-0.1, -0.05) is 13.3 Å². The Hall–Kier alpha value is -0.590. The van der Waals surface area contributed by atoms with Gasteiger partial charge in [0, 0.05) is 28.0 Å². The van der Waals surface area contributed by atoms with Gasteiger partial charge in [-0.15, -0.1) is 11.3 Å². The average molecular weight is 391 g/mol. The van der Waals surface area contributed by atoms with Crippen LogP contribution in [0.4, 0.5) is 4.79 Å². The van der Waals surface area contributed by atoms with Crippen LogP contribution in [0.3, 0.4) is 0 Å². The Balaban J connectivity index is 2.51. The Bertz CT molecular complexity index is 471. The summed E-state index contributed by atoms with van der Waals surface area (Å²) in [5.41, 5.74) is -0.465. The molecule has 0 fully saturated rings. The summed E-state index contributed by atoms with van der Waals surface area (Å²) >= 11 is 5.30. The number of ether oxygens (including phenoxy) is 1. The molecule has 0 aliphatic carbocycles. The van der Waals surface area contributed by atoms with Crippen molar-refractivity contribution in [2.45, 2.75) is 65.1 Å². The zero-order valence-electron chi connectivity index (χ0n) is 14.0. The van der Waals surface area contributed by atoms with Gasteiger partial charge >= 0.3 is 6.09 Å². The normalized spacial score (nSPS) is 14.5. The highest BCUT2D eigenvalue weighted by Crippen LogP contribution is 2.29. The van der Waals surface area contributed by atoms with Gasteiger partial charge in [0.05, 0.1) is 0 Å². The number of rotatable bonds is 7. The van der Waals surface area contributed by atoms with Gasteiger partial charge in [0.25, 0.3) is 0 Å². The minimum atomic E-state index is -0.465. The van der Waals surface area contributed by atoms with E-state index in [1.807, 2.05) is 20.8 Å². The first-order valence-corrected chi connectivity index (χ1v) is 9.36. The summed E-state index contributed by atoms with van der Waals surface area (Å²) in [6.45, 7) is 10.5. The summed E-state index contributed by atoms with van der Waals surface area (Å²) < 4.78 is 6.41. The average Bonchev–Trinajstić information content (AvgIpc) is 2.80. The van der Waals surface area contributed by atoms with Crippen molar-refractivity contribution in [3.63, 3.8) is 0 Å². The number of hydrogen-bond acceptors (Lipinski definition) is 4. The van der Waals surface area contributed by atoms with Gasteiger partial charge in [-0.25, -0.2) is 4.79 Å². The highest BCUT2D eigenvalue weighted by atomic mass is 79.9. The number of halogens is 1. The van der Waals surface area contributed by atoms with Gasteiger partial charge in [0.1, 0.15) is 5.60 Å². The van der Waals surface area contributed by atoms with Crippen molar-refractivity contribution in [2.75, 3.05) is 6.54 Å². The number of nitrogens with one attached hydrogen (secondary N) is 2. The number of alkyl carbamates (subject to hydrolysis) is 1. The van der Waals surface area contributed by atoms with E-state index in [2.05, 4.69) is 51.9 Å². The van der Waals surface area contributed by atoms with Crippen molar-refractivity contribution in [3.8, 4) is 0 Å². The van der Waals surface area contributed by atoms with Crippen molar-refractivity contribution in [1.82, 2.24) is 10.6 Å². The SMILES string of the molecule is CCCC(CNC(=O)OC(C)(C)C)NC(C)c1sccc1Br. The molecule has 126 valence electrons. The lowest BCUT2D eigenvalue weighted by molar-refractivity contribution is 0.0521. The van der Waals surface area contributed by atoms with Crippen LogP contribution < -0.4 is 10.6 Å². The van der Waals surface area contributed by atoms with Crippen LogP contribution in [-0.2, 0) is 4.74 Å². The van der Waals surface area contributed by atoms with Crippen LogP contribution in [0, 0.1) is 0 Å². The highest BCUT2D eigenvalue weighted by Gasteiger charge is 2.19. The Labute approximate surface area is 146 Å². The predicted octanol–water partition coefficient (Wildman–Crippen LogP) is 4.85. The molecular formula is C16H27BrN2O2S. The summed E-state index contributed by atoms with van der Waals surface area (Å²) in [6.07, 6.45) is 1.70.